The molecule has 1 aromatic heterocycles. The molecule has 8 heteroatoms. The van der Waals surface area contributed by atoms with Gasteiger partial charge in [0.15, 0.2) is 0 Å². The summed E-state index contributed by atoms with van der Waals surface area (Å²) in [4.78, 5) is 3.22. The van der Waals surface area contributed by atoms with Crippen LogP contribution in [-0.2, 0) is 14.1 Å². The minimum Gasteiger partial charge on any atom is -1.00 e. The molecule has 0 bridgehead atoms. The molecule has 140 valence electrons. The van der Waals surface area contributed by atoms with E-state index < -0.39 is 0 Å². The Morgan fingerprint density at radius 2 is 1.92 bits per heavy atom. The topological polar surface area (TPSA) is 59.2 Å². The van der Waals surface area contributed by atoms with E-state index in [9.17, 15) is 0 Å². The molecular weight excluding hydrogens is 460 g/mol. The molecule has 2 aromatic rings. The number of nitrogens with zero attached hydrogens (tertiary/aromatic N) is 3. The van der Waals surface area contributed by atoms with Gasteiger partial charge in [0.05, 0.1) is 33.4 Å². The van der Waals surface area contributed by atoms with Gasteiger partial charge in [-0.3, -0.25) is 10.3 Å². The summed E-state index contributed by atoms with van der Waals surface area (Å²) in [6, 6.07) is 8.29. The number of halogens is 2. The van der Waals surface area contributed by atoms with Crippen LogP contribution < -0.4 is 54.3 Å². The van der Waals surface area contributed by atoms with Crippen LogP contribution in [0, 0.1) is 0 Å². The van der Waals surface area contributed by atoms with Gasteiger partial charge in [-0.15, -0.1) is 5.10 Å². The number of imidazole rings is 1. The van der Waals surface area contributed by atoms with Gasteiger partial charge in [-0.25, -0.2) is 9.13 Å². The summed E-state index contributed by atoms with van der Waals surface area (Å²) in [6.07, 6.45) is 11.3. The summed E-state index contributed by atoms with van der Waals surface area (Å²) in [6.45, 7) is 1.95. The maximum absolute atomic E-state index is 4.24. The standard InChI is InChI=1S/C18H22N6.2BrH/c1-23-12-13-24(2)17(23)9-8-15-4-6-16(7-5-15)14-21-22-18-19-10-3-11-20-18;;/h4-9,12-14H,3,10-11H2,1-2H3,(H,19,20);2*1H. The lowest BCUT2D eigenvalue weighted by molar-refractivity contribution is -0.672. The first-order chi connectivity index (χ1) is 11.7. The number of hydrogen-bond donors (Lipinski definition) is 3. The van der Waals surface area contributed by atoms with Gasteiger partial charge < -0.3 is 34.0 Å². The van der Waals surface area contributed by atoms with Crippen molar-refractivity contribution in [3.63, 3.8) is 0 Å². The molecule has 2 heterocycles. The van der Waals surface area contributed by atoms with Crippen LogP contribution >= 0.6 is 0 Å². The largest absolute Gasteiger partial charge is 1.00 e. The van der Waals surface area contributed by atoms with Gasteiger partial charge in [0.25, 0.3) is 5.82 Å². The Labute approximate surface area is 175 Å². The van der Waals surface area contributed by atoms with Crippen molar-refractivity contribution in [3.8, 4) is 0 Å². The lowest BCUT2D eigenvalue weighted by atomic mass is 10.1. The highest BCUT2D eigenvalue weighted by molar-refractivity contribution is 5.82. The molecule has 0 spiro atoms. The number of benzene rings is 1. The van der Waals surface area contributed by atoms with Crippen molar-refractivity contribution >= 4 is 24.3 Å². The highest BCUT2D eigenvalue weighted by Crippen LogP contribution is 2.07. The Morgan fingerprint density at radius 3 is 2.54 bits per heavy atom. The van der Waals surface area contributed by atoms with Gasteiger partial charge in [0.2, 0.25) is 0 Å². The highest BCUT2D eigenvalue weighted by atomic mass is 79.9. The van der Waals surface area contributed by atoms with Gasteiger partial charge in [-0.1, -0.05) is 24.3 Å². The Bertz CT molecular complexity index is 758. The van der Waals surface area contributed by atoms with Crippen LogP contribution in [0.2, 0.25) is 0 Å². The summed E-state index contributed by atoms with van der Waals surface area (Å²) in [7, 11) is 4.08. The van der Waals surface area contributed by atoms with Crippen molar-refractivity contribution in [2.75, 3.05) is 13.1 Å². The quantitative estimate of drug-likeness (QED) is 0.230. The van der Waals surface area contributed by atoms with E-state index >= 15 is 0 Å². The summed E-state index contributed by atoms with van der Waals surface area (Å²) in [5, 5.41) is 7.46. The Morgan fingerprint density at radius 1 is 1.19 bits per heavy atom. The monoisotopic (exact) mass is 482 g/mol. The van der Waals surface area contributed by atoms with E-state index in [1.54, 1.807) is 0 Å². The average molecular weight is 484 g/mol. The van der Waals surface area contributed by atoms with E-state index in [1.165, 1.54) is 0 Å². The number of aromatic nitrogens is 2. The molecule has 0 amide bonds. The third-order valence-corrected chi connectivity index (χ3v) is 3.95. The number of rotatable bonds is 4. The first-order valence-electron chi connectivity index (χ1n) is 8.15. The first kappa shape index (κ1) is 22.1. The third kappa shape index (κ3) is 6.10. The zero-order valence-corrected chi connectivity index (χ0v) is 18.1. The smallest absolute Gasteiger partial charge is 0.367 e. The van der Waals surface area contributed by atoms with Gasteiger partial charge in [0, 0.05) is 12.5 Å². The number of aryl methyl sites for hydroxylation is 2. The van der Waals surface area contributed by atoms with Crippen molar-refractivity contribution in [2.45, 2.75) is 6.42 Å². The zero-order chi connectivity index (χ0) is 16.8. The SMILES string of the molecule is Cn1cc[n+](C)c1/C=C/c1ccc(/C=N/NC2=[NH+]CCCN2)cc1.[Br-].[Br-]. The van der Waals surface area contributed by atoms with E-state index in [-0.39, 0.29) is 34.0 Å². The number of hydrazone groups is 1. The second-order valence-corrected chi connectivity index (χ2v) is 5.83. The van der Waals surface area contributed by atoms with Crippen molar-refractivity contribution in [1.29, 1.82) is 0 Å². The molecule has 3 N–H and O–H groups in total. The van der Waals surface area contributed by atoms with Crippen LogP contribution in [0.4, 0.5) is 0 Å². The van der Waals surface area contributed by atoms with Crippen LogP contribution in [0.1, 0.15) is 23.4 Å². The average Bonchev–Trinajstić information content (AvgIpc) is 2.93. The summed E-state index contributed by atoms with van der Waals surface area (Å²) in [5.74, 6) is 2.02. The van der Waals surface area contributed by atoms with Gasteiger partial charge in [-0.05, 0) is 17.2 Å². The summed E-state index contributed by atoms with van der Waals surface area (Å²) >= 11 is 0. The number of nitrogens with one attached hydrogen (secondary N) is 3. The number of guanidine groups is 1. The van der Waals surface area contributed by atoms with Crippen molar-refractivity contribution in [3.05, 3.63) is 53.6 Å². The fraction of sp³-hybridized carbons (Fsp3) is 0.278. The lowest BCUT2D eigenvalue weighted by Gasteiger charge is -2.06. The van der Waals surface area contributed by atoms with E-state index in [1.807, 2.05) is 32.7 Å². The molecule has 0 fully saturated rings. The zero-order valence-electron chi connectivity index (χ0n) is 14.9. The van der Waals surface area contributed by atoms with E-state index in [4.69, 9.17) is 0 Å². The second kappa shape index (κ2) is 10.9. The van der Waals surface area contributed by atoms with E-state index in [2.05, 4.69) is 66.4 Å². The molecule has 0 saturated heterocycles. The minimum atomic E-state index is 0. The van der Waals surface area contributed by atoms with Crippen LogP contribution in [0.5, 0.6) is 0 Å². The molecule has 0 atom stereocenters. The molecule has 1 aliphatic heterocycles. The first-order valence-corrected chi connectivity index (χ1v) is 8.15. The minimum absolute atomic E-state index is 0. The predicted octanol–water partition coefficient (Wildman–Crippen LogP) is -6.62. The van der Waals surface area contributed by atoms with Gasteiger partial charge in [-0.2, -0.15) is 5.43 Å². The molecule has 0 radical (unpaired) electrons. The normalized spacial score (nSPS) is 13.7. The van der Waals surface area contributed by atoms with Crippen molar-refractivity contribution in [1.82, 2.24) is 15.3 Å². The van der Waals surface area contributed by atoms with E-state index in [0.717, 1.165) is 42.4 Å². The molecule has 6 nitrogen and oxygen atoms in total. The molecule has 0 saturated carbocycles. The summed E-state index contributed by atoms with van der Waals surface area (Å²) in [5.41, 5.74) is 5.20. The fourth-order valence-electron chi connectivity index (χ4n) is 2.53. The molecule has 0 unspecified atom stereocenters. The molecule has 26 heavy (non-hydrogen) atoms. The van der Waals surface area contributed by atoms with Crippen LogP contribution in [0.25, 0.3) is 12.2 Å². The molecule has 1 aliphatic rings. The molecule has 3 rings (SSSR count). The third-order valence-electron chi connectivity index (χ3n) is 3.95. The molecule has 1 aromatic carbocycles. The molecular formula is C18H24Br2N6. The predicted molar refractivity (Wildman–Crippen MR) is 96.1 cm³/mol. The Balaban J connectivity index is 0.00000169. The van der Waals surface area contributed by atoms with Crippen LogP contribution in [-0.4, -0.2) is 29.8 Å². The van der Waals surface area contributed by atoms with Crippen LogP contribution in [0.15, 0.2) is 41.8 Å². The Kier molecular flexibility index (Phi) is 9.29. The Hall–Kier alpha value is -1.93. The van der Waals surface area contributed by atoms with E-state index in [0.29, 0.717) is 0 Å². The second-order valence-electron chi connectivity index (χ2n) is 5.83. The van der Waals surface area contributed by atoms with Gasteiger partial charge >= 0.3 is 5.96 Å². The summed E-state index contributed by atoms with van der Waals surface area (Å²) < 4.78 is 4.18. The molecule has 0 aliphatic carbocycles. The van der Waals surface area contributed by atoms with Gasteiger partial charge in [0.1, 0.15) is 12.4 Å². The van der Waals surface area contributed by atoms with Crippen molar-refractivity contribution in [2.24, 2.45) is 19.2 Å². The fourth-order valence-corrected chi connectivity index (χ4v) is 2.53. The highest BCUT2D eigenvalue weighted by Gasteiger charge is 2.08. The maximum atomic E-state index is 4.24. The maximum Gasteiger partial charge on any atom is 0.367 e. The van der Waals surface area contributed by atoms with Crippen LogP contribution in [0.3, 0.4) is 0 Å². The lowest BCUT2D eigenvalue weighted by Crippen LogP contribution is -3.00. The number of hydrogen-bond acceptors (Lipinski definition) is 3. The van der Waals surface area contributed by atoms with Crippen molar-refractivity contribution < 1.29 is 43.5 Å².